The van der Waals surface area contributed by atoms with Gasteiger partial charge < -0.3 is 19.9 Å². The highest BCUT2D eigenvalue weighted by Gasteiger charge is 2.25. The minimum atomic E-state index is -1.16. The molecule has 1 amide bonds. The van der Waals surface area contributed by atoms with Crippen molar-refractivity contribution in [1.29, 1.82) is 0 Å². The third kappa shape index (κ3) is 5.33. The van der Waals surface area contributed by atoms with Crippen molar-refractivity contribution in [1.82, 2.24) is 5.32 Å². The maximum atomic E-state index is 13.5. The Kier molecular flexibility index (Phi) is 7.31. The summed E-state index contributed by atoms with van der Waals surface area (Å²) in [5.74, 6) is -2.39. The number of carboxylic acids is 1. The Bertz CT molecular complexity index is 508. The minimum Gasteiger partial charge on any atom is -0.480 e. The molecule has 0 spiro atoms. The van der Waals surface area contributed by atoms with Gasteiger partial charge in [0.25, 0.3) is 5.91 Å². The summed E-state index contributed by atoms with van der Waals surface area (Å²) in [7, 11) is 1.44. The van der Waals surface area contributed by atoms with Gasteiger partial charge in [0.15, 0.2) is 17.7 Å². The van der Waals surface area contributed by atoms with E-state index in [2.05, 4.69) is 5.32 Å². The Labute approximate surface area is 128 Å². The molecule has 1 aromatic carbocycles. The van der Waals surface area contributed by atoms with Crippen molar-refractivity contribution in [2.75, 3.05) is 13.7 Å². The highest BCUT2D eigenvalue weighted by atomic mass is 19.1. The average Bonchev–Trinajstić information content (AvgIpc) is 2.50. The standard InChI is InChI=1S/C15H20FNO5/c1-3-12(22-13-7-5-4-6-10(13)16)14(18)17-11(15(19)20)8-9-21-2/h4-7,11-12H,3,8-9H2,1-2H3,(H,17,18)(H,19,20). The number of benzene rings is 1. The van der Waals surface area contributed by atoms with Crippen LogP contribution in [-0.4, -0.2) is 42.8 Å². The fraction of sp³-hybridized carbons (Fsp3) is 0.467. The Morgan fingerprint density at radius 1 is 1.36 bits per heavy atom. The molecule has 0 bridgehead atoms. The Morgan fingerprint density at radius 3 is 2.59 bits per heavy atom. The SMILES string of the molecule is CCC(Oc1ccccc1F)C(=O)NC(CCOC)C(=O)O. The van der Waals surface area contributed by atoms with Crippen LogP contribution < -0.4 is 10.1 Å². The van der Waals surface area contributed by atoms with Gasteiger partial charge in [-0.2, -0.15) is 0 Å². The molecular weight excluding hydrogens is 293 g/mol. The van der Waals surface area contributed by atoms with Crippen molar-refractivity contribution in [3.63, 3.8) is 0 Å². The molecule has 2 atom stereocenters. The second-order valence-corrected chi connectivity index (χ2v) is 4.63. The molecule has 0 aliphatic carbocycles. The van der Waals surface area contributed by atoms with Gasteiger partial charge in [0.1, 0.15) is 6.04 Å². The summed E-state index contributed by atoms with van der Waals surface area (Å²) >= 11 is 0. The topological polar surface area (TPSA) is 84.9 Å². The van der Waals surface area contributed by atoms with E-state index < -0.39 is 29.8 Å². The van der Waals surface area contributed by atoms with Gasteiger partial charge >= 0.3 is 5.97 Å². The second-order valence-electron chi connectivity index (χ2n) is 4.63. The van der Waals surface area contributed by atoms with Crippen LogP contribution in [0.2, 0.25) is 0 Å². The molecule has 7 heteroatoms. The number of nitrogens with one attached hydrogen (secondary N) is 1. The van der Waals surface area contributed by atoms with Crippen molar-refractivity contribution in [2.45, 2.75) is 31.9 Å². The van der Waals surface area contributed by atoms with Crippen molar-refractivity contribution < 1.29 is 28.6 Å². The quantitative estimate of drug-likeness (QED) is 0.723. The highest BCUT2D eigenvalue weighted by molar-refractivity contribution is 5.86. The number of aliphatic carboxylic acids is 1. The molecule has 0 heterocycles. The molecule has 1 aromatic rings. The molecule has 22 heavy (non-hydrogen) atoms. The maximum absolute atomic E-state index is 13.5. The van der Waals surface area contributed by atoms with Gasteiger partial charge in [0.2, 0.25) is 0 Å². The third-order valence-corrected chi connectivity index (χ3v) is 2.99. The van der Waals surface area contributed by atoms with Gasteiger partial charge in [-0.05, 0) is 18.6 Å². The van der Waals surface area contributed by atoms with Gasteiger partial charge in [0.05, 0.1) is 0 Å². The normalized spacial score (nSPS) is 13.2. The lowest BCUT2D eigenvalue weighted by molar-refractivity contribution is -0.143. The molecule has 0 radical (unpaired) electrons. The van der Waals surface area contributed by atoms with Crippen LogP contribution in [0.1, 0.15) is 19.8 Å². The lowest BCUT2D eigenvalue weighted by Crippen LogP contribution is -2.47. The number of hydrogen-bond donors (Lipinski definition) is 2. The second kappa shape index (κ2) is 8.99. The Morgan fingerprint density at radius 2 is 2.05 bits per heavy atom. The van der Waals surface area contributed by atoms with Gasteiger partial charge in [-0.25, -0.2) is 9.18 Å². The van der Waals surface area contributed by atoms with Gasteiger partial charge in [-0.3, -0.25) is 4.79 Å². The number of hydrogen-bond acceptors (Lipinski definition) is 4. The van der Waals surface area contributed by atoms with E-state index in [-0.39, 0.29) is 25.2 Å². The summed E-state index contributed by atoms with van der Waals surface area (Å²) in [6.07, 6.45) is -0.564. The van der Waals surface area contributed by atoms with Crippen LogP contribution >= 0.6 is 0 Å². The number of ether oxygens (including phenoxy) is 2. The summed E-state index contributed by atoms with van der Waals surface area (Å²) in [4.78, 5) is 23.2. The molecule has 0 aliphatic heterocycles. The summed E-state index contributed by atoms with van der Waals surface area (Å²) < 4.78 is 23.7. The van der Waals surface area contributed by atoms with E-state index in [1.165, 1.54) is 25.3 Å². The number of methoxy groups -OCH3 is 1. The van der Waals surface area contributed by atoms with Crippen LogP contribution in [0.25, 0.3) is 0 Å². The van der Waals surface area contributed by atoms with Crippen molar-refractivity contribution >= 4 is 11.9 Å². The van der Waals surface area contributed by atoms with Gasteiger partial charge in [0, 0.05) is 20.1 Å². The number of amides is 1. The van der Waals surface area contributed by atoms with Crippen LogP contribution in [0.5, 0.6) is 5.75 Å². The highest BCUT2D eigenvalue weighted by Crippen LogP contribution is 2.18. The number of halogens is 1. The van der Waals surface area contributed by atoms with E-state index in [4.69, 9.17) is 14.6 Å². The molecule has 6 nitrogen and oxygen atoms in total. The predicted molar refractivity (Wildman–Crippen MR) is 77.2 cm³/mol. The summed E-state index contributed by atoms with van der Waals surface area (Å²) in [6, 6.07) is 4.64. The van der Waals surface area contributed by atoms with E-state index in [0.717, 1.165) is 0 Å². The first-order chi connectivity index (χ1) is 10.5. The summed E-state index contributed by atoms with van der Waals surface area (Å²) in [6.45, 7) is 1.89. The molecule has 2 N–H and O–H groups in total. The first kappa shape index (κ1) is 17.9. The number of rotatable bonds is 9. The van der Waals surface area contributed by atoms with Gasteiger partial charge in [-0.1, -0.05) is 19.1 Å². The molecular formula is C15H20FNO5. The molecule has 122 valence electrons. The number of carboxylic acid groups (broad SMARTS) is 1. The fourth-order valence-corrected chi connectivity index (χ4v) is 1.77. The molecule has 0 aliphatic rings. The van der Waals surface area contributed by atoms with Crippen molar-refractivity contribution in [2.24, 2.45) is 0 Å². The number of carbonyl (C=O) groups excluding carboxylic acids is 1. The molecule has 0 saturated carbocycles. The monoisotopic (exact) mass is 313 g/mol. The van der Waals surface area contributed by atoms with Crippen LogP contribution in [0.15, 0.2) is 24.3 Å². The molecule has 0 fully saturated rings. The zero-order valence-electron chi connectivity index (χ0n) is 12.5. The van der Waals surface area contributed by atoms with E-state index in [1.54, 1.807) is 13.0 Å². The lowest BCUT2D eigenvalue weighted by Gasteiger charge is -2.20. The van der Waals surface area contributed by atoms with E-state index >= 15 is 0 Å². The maximum Gasteiger partial charge on any atom is 0.326 e. The Hall–Kier alpha value is -2.15. The van der Waals surface area contributed by atoms with Crippen LogP contribution in [-0.2, 0) is 14.3 Å². The zero-order chi connectivity index (χ0) is 16.5. The number of carbonyl (C=O) groups is 2. The van der Waals surface area contributed by atoms with Crippen LogP contribution in [0.3, 0.4) is 0 Å². The molecule has 0 aromatic heterocycles. The average molecular weight is 313 g/mol. The first-order valence-corrected chi connectivity index (χ1v) is 6.92. The largest absolute Gasteiger partial charge is 0.480 e. The lowest BCUT2D eigenvalue weighted by atomic mass is 10.2. The van der Waals surface area contributed by atoms with Crippen LogP contribution in [0.4, 0.5) is 4.39 Å². The molecule has 1 rings (SSSR count). The molecule has 0 saturated heterocycles. The zero-order valence-corrected chi connectivity index (χ0v) is 12.5. The van der Waals surface area contributed by atoms with Crippen molar-refractivity contribution in [3.05, 3.63) is 30.1 Å². The van der Waals surface area contributed by atoms with E-state index in [0.29, 0.717) is 0 Å². The van der Waals surface area contributed by atoms with E-state index in [1.807, 2.05) is 0 Å². The summed E-state index contributed by atoms with van der Waals surface area (Å²) in [5, 5.41) is 11.4. The van der Waals surface area contributed by atoms with Gasteiger partial charge in [-0.15, -0.1) is 0 Å². The Balaban J connectivity index is 2.71. The van der Waals surface area contributed by atoms with E-state index in [9.17, 15) is 14.0 Å². The smallest absolute Gasteiger partial charge is 0.326 e. The summed E-state index contributed by atoms with van der Waals surface area (Å²) in [5.41, 5.74) is 0. The predicted octanol–water partition coefficient (Wildman–Crippen LogP) is 1.59. The molecule has 2 unspecified atom stereocenters. The fourth-order valence-electron chi connectivity index (χ4n) is 1.77. The van der Waals surface area contributed by atoms with Crippen LogP contribution in [0, 0.1) is 5.82 Å². The van der Waals surface area contributed by atoms with Crippen molar-refractivity contribution in [3.8, 4) is 5.75 Å². The third-order valence-electron chi connectivity index (χ3n) is 2.99. The first-order valence-electron chi connectivity index (χ1n) is 6.92. The minimum absolute atomic E-state index is 0.0479. The number of para-hydroxylation sites is 1.